The van der Waals surface area contributed by atoms with Crippen LogP contribution in [0.3, 0.4) is 0 Å². The number of nitrogens with zero attached hydrogens (tertiary/aromatic N) is 3. The number of aliphatic hydroxyl groups excluding tert-OH is 1. The van der Waals surface area contributed by atoms with Gasteiger partial charge in [0.25, 0.3) is 0 Å². The van der Waals surface area contributed by atoms with E-state index in [0.717, 1.165) is 52.2 Å². The summed E-state index contributed by atoms with van der Waals surface area (Å²) in [4.78, 5) is 20.1. The summed E-state index contributed by atoms with van der Waals surface area (Å²) in [5.74, 6) is 2.00. The second-order valence-corrected chi connectivity index (χ2v) is 8.44. The number of hydrogen-bond acceptors (Lipinski definition) is 4. The predicted octanol–water partition coefficient (Wildman–Crippen LogP) is 1.66. The largest absolute Gasteiger partial charge is 0.395 e. The molecule has 3 atom stereocenters. The van der Waals surface area contributed by atoms with Crippen LogP contribution in [0.5, 0.6) is 0 Å². The molecule has 3 unspecified atom stereocenters. The summed E-state index contributed by atoms with van der Waals surface area (Å²) in [5.41, 5.74) is 0. The van der Waals surface area contributed by atoms with E-state index in [4.69, 9.17) is 5.11 Å². The summed E-state index contributed by atoms with van der Waals surface area (Å²) >= 11 is 0. The van der Waals surface area contributed by atoms with Crippen LogP contribution < -0.4 is 0 Å². The van der Waals surface area contributed by atoms with E-state index in [-0.39, 0.29) is 12.5 Å². The van der Waals surface area contributed by atoms with Crippen LogP contribution in [0.4, 0.5) is 0 Å². The third kappa shape index (κ3) is 4.37. The third-order valence-electron chi connectivity index (χ3n) is 7.02. The maximum absolute atomic E-state index is 13.0. The number of rotatable bonds is 6. The molecule has 1 saturated carbocycles. The summed E-state index contributed by atoms with van der Waals surface area (Å²) in [6, 6.07) is 0.561. The van der Waals surface area contributed by atoms with Gasteiger partial charge >= 0.3 is 0 Å². The number of likely N-dealkylation sites (tertiary alicyclic amines) is 1. The van der Waals surface area contributed by atoms with Crippen molar-refractivity contribution in [2.24, 2.45) is 17.8 Å². The van der Waals surface area contributed by atoms with Crippen molar-refractivity contribution in [3.63, 3.8) is 0 Å². The topological polar surface area (TPSA) is 47.0 Å². The fourth-order valence-corrected chi connectivity index (χ4v) is 5.04. The van der Waals surface area contributed by atoms with Gasteiger partial charge in [0.2, 0.25) is 5.91 Å². The van der Waals surface area contributed by atoms with E-state index in [1.165, 1.54) is 25.7 Å². The van der Waals surface area contributed by atoms with Crippen LogP contribution in [0, 0.1) is 17.8 Å². The lowest BCUT2D eigenvalue weighted by atomic mass is 9.71. The van der Waals surface area contributed by atoms with Crippen molar-refractivity contribution in [1.82, 2.24) is 14.7 Å². The Balaban J connectivity index is 1.46. The normalized spacial score (nSPS) is 30.9. The van der Waals surface area contributed by atoms with E-state index in [2.05, 4.69) is 28.5 Å². The first-order valence-electron chi connectivity index (χ1n) is 10.5. The van der Waals surface area contributed by atoms with E-state index >= 15 is 0 Å². The lowest BCUT2D eigenvalue weighted by Crippen LogP contribution is -2.65. The standard InChI is InChI=1S/C20H37N3O2/c1-3-16(2)18-6-4-5-7-19(18)20(25)23-14-17(15-23)22-10-8-21(9-11-22)12-13-24/h16-19,24H,3-15H2,1-2H3. The zero-order valence-corrected chi connectivity index (χ0v) is 16.2. The monoisotopic (exact) mass is 351 g/mol. The molecule has 2 saturated heterocycles. The SMILES string of the molecule is CCC(C)C1CCCCC1C(=O)N1CC(N2CCN(CCO)CC2)C1. The van der Waals surface area contributed by atoms with Crippen molar-refractivity contribution in [1.29, 1.82) is 0 Å². The molecule has 1 N–H and O–H groups in total. The molecule has 0 aromatic heterocycles. The summed E-state index contributed by atoms with van der Waals surface area (Å²) < 4.78 is 0. The number of aliphatic hydroxyl groups is 1. The van der Waals surface area contributed by atoms with Gasteiger partial charge in [-0.25, -0.2) is 0 Å². The molecule has 144 valence electrons. The fraction of sp³-hybridized carbons (Fsp3) is 0.950. The van der Waals surface area contributed by atoms with Crippen LogP contribution in [0.2, 0.25) is 0 Å². The average Bonchev–Trinajstić information content (AvgIpc) is 2.61. The molecule has 3 fully saturated rings. The Hall–Kier alpha value is -0.650. The van der Waals surface area contributed by atoms with Crippen molar-refractivity contribution < 1.29 is 9.90 Å². The summed E-state index contributed by atoms with van der Waals surface area (Å²) in [5, 5.41) is 9.05. The first-order valence-corrected chi connectivity index (χ1v) is 10.5. The molecule has 1 amide bonds. The molecule has 0 aromatic carbocycles. The number of carbonyl (C=O) groups is 1. The molecule has 2 aliphatic heterocycles. The maximum atomic E-state index is 13.0. The molecule has 0 aromatic rings. The molecule has 3 rings (SSSR count). The van der Waals surface area contributed by atoms with Gasteiger partial charge in [-0.05, 0) is 24.7 Å². The van der Waals surface area contributed by atoms with Gasteiger partial charge in [0.05, 0.1) is 6.61 Å². The number of β-amino-alcohol motifs (C(OH)–C–C–N with tert-alkyl or cyclic N) is 1. The van der Waals surface area contributed by atoms with Gasteiger partial charge in [0, 0.05) is 57.8 Å². The zero-order valence-electron chi connectivity index (χ0n) is 16.2. The predicted molar refractivity (Wildman–Crippen MR) is 100 cm³/mol. The van der Waals surface area contributed by atoms with Gasteiger partial charge in [-0.1, -0.05) is 33.1 Å². The zero-order chi connectivity index (χ0) is 17.8. The summed E-state index contributed by atoms with van der Waals surface area (Å²) in [6.45, 7) is 11.7. The highest BCUT2D eigenvalue weighted by atomic mass is 16.3. The Morgan fingerprint density at radius 3 is 2.44 bits per heavy atom. The Morgan fingerprint density at radius 1 is 1.12 bits per heavy atom. The number of carbonyl (C=O) groups excluding carboxylic acids is 1. The second kappa shape index (κ2) is 8.83. The molecule has 5 nitrogen and oxygen atoms in total. The minimum absolute atomic E-state index is 0.254. The van der Waals surface area contributed by atoms with Gasteiger partial charge < -0.3 is 10.0 Å². The van der Waals surface area contributed by atoms with E-state index in [9.17, 15) is 4.79 Å². The van der Waals surface area contributed by atoms with Crippen molar-refractivity contribution in [3.8, 4) is 0 Å². The molecule has 5 heteroatoms. The van der Waals surface area contributed by atoms with E-state index in [1.807, 2.05) is 0 Å². The maximum Gasteiger partial charge on any atom is 0.226 e. The van der Waals surface area contributed by atoms with Crippen LogP contribution in [-0.2, 0) is 4.79 Å². The van der Waals surface area contributed by atoms with Crippen molar-refractivity contribution in [2.75, 3.05) is 52.4 Å². The quantitative estimate of drug-likeness (QED) is 0.791. The number of hydrogen-bond donors (Lipinski definition) is 1. The molecule has 25 heavy (non-hydrogen) atoms. The van der Waals surface area contributed by atoms with Crippen LogP contribution in [0.1, 0.15) is 46.0 Å². The minimum Gasteiger partial charge on any atom is -0.395 e. The second-order valence-electron chi connectivity index (χ2n) is 8.44. The Bertz CT molecular complexity index is 431. The van der Waals surface area contributed by atoms with E-state index in [0.29, 0.717) is 23.8 Å². The Kier molecular flexibility index (Phi) is 6.75. The minimum atomic E-state index is 0.254. The van der Waals surface area contributed by atoms with E-state index in [1.54, 1.807) is 0 Å². The summed E-state index contributed by atoms with van der Waals surface area (Å²) in [6.07, 6.45) is 6.08. The third-order valence-corrected chi connectivity index (χ3v) is 7.02. The lowest BCUT2D eigenvalue weighted by Gasteiger charge is -2.50. The summed E-state index contributed by atoms with van der Waals surface area (Å²) in [7, 11) is 0. The Morgan fingerprint density at radius 2 is 1.80 bits per heavy atom. The van der Waals surface area contributed by atoms with Crippen molar-refractivity contribution in [2.45, 2.75) is 52.0 Å². The van der Waals surface area contributed by atoms with Gasteiger partial charge in [-0.3, -0.25) is 14.6 Å². The molecule has 3 aliphatic rings. The molecule has 2 heterocycles. The fourth-order valence-electron chi connectivity index (χ4n) is 5.04. The van der Waals surface area contributed by atoms with Crippen LogP contribution in [0.15, 0.2) is 0 Å². The van der Waals surface area contributed by atoms with Crippen molar-refractivity contribution >= 4 is 5.91 Å². The highest BCUT2D eigenvalue weighted by molar-refractivity contribution is 5.80. The van der Waals surface area contributed by atoms with Gasteiger partial charge in [-0.2, -0.15) is 0 Å². The number of piperazine rings is 1. The average molecular weight is 352 g/mol. The van der Waals surface area contributed by atoms with Crippen LogP contribution >= 0.6 is 0 Å². The molecule has 0 bridgehead atoms. The molecule has 0 spiro atoms. The van der Waals surface area contributed by atoms with Gasteiger partial charge in [0.15, 0.2) is 0 Å². The highest BCUT2D eigenvalue weighted by Gasteiger charge is 2.41. The molecule has 1 aliphatic carbocycles. The van der Waals surface area contributed by atoms with Gasteiger partial charge in [-0.15, -0.1) is 0 Å². The molecular formula is C20H37N3O2. The highest BCUT2D eigenvalue weighted by Crippen LogP contribution is 2.38. The lowest BCUT2D eigenvalue weighted by molar-refractivity contribution is -0.147. The van der Waals surface area contributed by atoms with E-state index < -0.39 is 0 Å². The van der Waals surface area contributed by atoms with Crippen LogP contribution in [-0.4, -0.2) is 84.2 Å². The molecular weight excluding hydrogens is 314 g/mol. The molecule has 0 radical (unpaired) electrons. The number of amides is 1. The van der Waals surface area contributed by atoms with Crippen LogP contribution in [0.25, 0.3) is 0 Å². The smallest absolute Gasteiger partial charge is 0.226 e. The Labute approximate surface area is 153 Å². The van der Waals surface area contributed by atoms with Crippen molar-refractivity contribution in [3.05, 3.63) is 0 Å². The first-order chi connectivity index (χ1) is 12.1. The van der Waals surface area contributed by atoms with Gasteiger partial charge in [0.1, 0.15) is 0 Å². The first kappa shape index (κ1) is 19.1.